The zero-order valence-corrected chi connectivity index (χ0v) is 18.5. The van der Waals surface area contributed by atoms with Crippen molar-refractivity contribution >= 4 is 16.9 Å². The van der Waals surface area contributed by atoms with E-state index in [4.69, 9.17) is 0 Å². The Balaban J connectivity index is 0.00000272. The van der Waals surface area contributed by atoms with Gasteiger partial charge in [-0.3, -0.25) is 9.69 Å². The normalized spacial score (nSPS) is 17.8. The van der Waals surface area contributed by atoms with E-state index >= 15 is 0 Å². The molecule has 3 aromatic rings. The molecule has 1 amide bonds. The molecule has 1 aromatic heterocycles. The van der Waals surface area contributed by atoms with Crippen LogP contribution in [-0.4, -0.2) is 51.4 Å². The largest absolute Gasteiger partial charge is 0.342 e. The number of imidazole rings is 1. The Labute approximate surface area is 180 Å². The summed E-state index contributed by atoms with van der Waals surface area (Å²) in [5.41, 5.74) is 5.62. The van der Waals surface area contributed by atoms with E-state index in [1.165, 1.54) is 11.1 Å². The van der Waals surface area contributed by atoms with E-state index in [-0.39, 0.29) is 13.4 Å². The predicted octanol–water partition coefficient (Wildman–Crippen LogP) is 4.34. The van der Waals surface area contributed by atoms with Gasteiger partial charge in [0.05, 0.1) is 17.5 Å². The van der Waals surface area contributed by atoms with Crippen molar-refractivity contribution in [3.63, 3.8) is 0 Å². The van der Waals surface area contributed by atoms with Crippen molar-refractivity contribution in [3.05, 3.63) is 65.0 Å². The van der Waals surface area contributed by atoms with E-state index in [1.807, 2.05) is 19.1 Å². The number of rotatable bonds is 5. The molecule has 160 valence electrons. The second-order valence-electron chi connectivity index (χ2n) is 8.97. The number of fused-ring (bicyclic) bond motifs is 1. The molecule has 0 bridgehead atoms. The van der Waals surface area contributed by atoms with Crippen LogP contribution in [0.4, 0.5) is 0 Å². The van der Waals surface area contributed by atoms with Crippen molar-refractivity contribution in [2.24, 2.45) is 5.92 Å². The van der Waals surface area contributed by atoms with Gasteiger partial charge in [0, 0.05) is 33.6 Å². The highest BCUT2D eigenvalue weighted by molar-refractivity contribution is 5.82. The molecule has 1 fully saturated rings. The second kappa shape index (κ2) is 8.60. The van der Waals surface area contributed by atoms with Crippen LogP contribution in [0.15, 0.2) is 42.5 Å². The van der Waals surface area contributed by atoms with Crippen LogP contribution in [0.5, 0.6) is 0 Å². The van der Waals surface area contributed by atoms with E-state index in [0.717, 1.165) is 48.6 Å². The average Bonchev–Trinajstić information content (AvgIpc) is 3.09. The number of aromatic amines is 1. The summed E-state index contributed by atoms with van der Waals surface area (Å²) in [7, 11) is 0. The minimum absolute atomic E-state index is 0. The molecule has 0 saturated carbocycles. The molecule has 1 aliphatic heterocycles. The minimum Gasteiger partial charge on any atom is -0.342 e. The van der Waals surface area contributed by atoms with Crippen molar-refractivity contribution < 1.29 is 6.22 Å². The monoisotopic (exact) mass is 406 g/mol. The first kappa shape index (κ1) is 20.6. The molecular formula is C25H34N4O. The fourth-order valence-corrected chi connectivity index (χ4v) is 4.42. The van der Waals surface area contributed by atoms with Gasteiger partial charge in [0.15, 0.2) is 0 Å². The van der Waals surface area contributed by atoms with Crippen LogP contribution in [0, 0.1) is 19.8 Å². The molecule has 0 aliphatic carbocycles. The van der Waals surface area contributed by atoms with Gasteiger partial charge in [-0.25, -0.2) is 4.98 Å². The van der Waals surface area contributed by atoms with Crippen LogP contribution >= 0.6 is 0 Å². The maximum Gasteiger partial charge on any atom is 0.227 e. The van der Waals surface area contributed by atoms with Gasteiger partial charge in [0.1, 0.15) is 5.82 Å². The van der Waals surface area contributed by atoms with Gasteiger partial charge in [-0.15, -0.1) is 0 Å². The first-order chi connectivity index (χ1) is 14.4. The lowest BCUT2D eigenvalue weighted by Gasteiger charge is -2.43. The van der Waals surface area contributed by atoms with E-state index < -0.39 is 0 Å². The summed E-state index contributed by atoms with van der Waals surface area (Å²) in [6, 6.07) is 15.1. The number of amides is 1. The average molecular weight is 407 g/mol. The Kier molecular flexibility index (Phi) is 5.91. The van der Waals surface area contributed by atoms with Crippen molar-refractivity contribution in [2.45, 2.75) is 46.7 Å². The Bertz CT molecular complexity index is 1030. The smallest absolute Gasteiger partial charge is 0.227 e. The second-order valence-corrected chi connectivity index (χ2v) is 8.97. The number of nitrogens with one attached hydrogen (secondary N) is 1. The van der Waals surface area contributed by atoms with Gasteiger partial charge in [-0.1, -0.05) is 49.7 Å². The van der Waals surface area contributed by atoms with Crippen molar-refractivity contribution in [1.82, 2.24) is 19.8 Å². The Morgan fingerprint density at radius 1 is 1.13 bits per heavy atom. The molecule has 4 rings (SSSR count). The number of carbonyl (C=O) groups is 1. The van der Waals surface area contributed by atoms with Crippen LogP contribution in [0.2, 0.25) is 0 Å². The Hall–Kier alpha value is -2.66. The van der Waals surface area contributed by atoms with Gasteiger partial charge in [-0.2, -0.15) is 0 Å². The third kappa shape index (κ3) is 4.57. The molecule has 5 nitrogen and oxygen atoms in total. The lowest BCUT2D eigenvalue weighted by atomic mass is 9.98. The fraction of sp³-hybridized carbons (Fsp3) is 0.440. The minimum atomic E-state index is 0. The number of hydrogen-bond donors (Lipinski definition) is 1. The summed E-state index contributed by atoms with van der Waals surface area (Å²) < 4.78 is 0. The summed E-state index contributed by atoms with van der Waals surface area (Å²) in [5, 5.41) is 0. The number of H-pyrrole nitrogens is 1. The number of aryl methyl sites for hydroxylation is 2. The number of carbonyl (C=O) groups excluding carboxylic acids is 1. The van der Waals surface area contributed by atoms with Gasteiger partial charge in [0.25, 0.3) is 0 Å². The molecule has 1 N–H and O–H groups in total. The third-order valence-electron chi connectivity index (χ3n) is 6.14. The van der Waals surface area contributed by atoms with Crippen molar-refractivity contribution in [3.8, 4) is 0 Å². The van der Waals surface area contributed by atoms with Crippen LogP contribution in [0.1, 0.15) is 37.8 Å². The maximum atomic E-state index is 13.2. The maximum absolute atomic E-state index is 13.2. The van der Waals surface area contributed by atoms with Gasteiger partial charge >= 0.3 is 0 Å². The number of aromatic nitrogens is 2. The quantitative estimate of drug-likeness (QED) is 0.686. The molecule has 5 heteroatoms. The van der Waals surface area contributed by atoms with Gasteiger partial charge < -0.3 is 9.88 Å². The summed E-state index contributed by atoms with van der Waals surface area (Å²) in [5.74, 6) is 1.55. The van der Waals surface area contributed by atoms with Crippen molar-refractivity contribution in [2.75, 3.05) is 19.6 Å². The van der Waals surface area contributed by atoms with Crippen LogP contribution in [0.25, 0.3) is 11.0 Å². The van der Waals surface area contributed by atoms with E-state index in [1.54, 1.807) is 0 Å². The van der Waals surface area contributed by atoms with Crippen LogP contribution in [0.3, 0.4) is 0 Å². The number of nitrogens with zero attached hydrogens (tertiary/aromatic N) is 3. The van der Waals surface area contributed by atoms with E-state index in [2.05, 4.69) is 70.9 Å². The first-order valence-electron chi connectivity index (χ1n) is 10.9. The molecule has 2 heterocycles. The highest BCUT2D eigenvalue weighted by Crippen LogP contribution is 2.21. The van der Waals surface area contributed by atoms with Gasteiger partial charge in [-0.05, 0) is 43.0 Å². The molecule has 0 radical (unpaired) electrons. The van der Waals surface area contributed by atoms with Crippen LogP contribution < -0.4 is 0 Å². The number of piperazine rings is 1. The Morgan fingerprint density at radius 2 is 1.87 bits per heavy atom. The zero-order chi connectivity index (χ0) is 21.3. The standard InChI is InChI=1S/C25H32N4O.H2/c1-17(2)24-16-28(15-20-7-5-18(3)6-8-20)11-12-29(24)25(30)14-21-9-10-22-23(13-21)27-19(4)26-22;/h5-10,13,17,24H,11-12,14-16H2,1-4H3,(H,26,27);1H/t24-;/m1./s1. The molecule has 0 spiro atoms. The summed E-state index contributed by atoms with van der Waals surface area (Å²) >= 11 is 0. The van der Waals surface area contributed by atoms with Crippen molar-refractivity contribution in [1.29, 1.82) is 0 Å². The Morgan fingerprint density at radius 3 is 2.60 bits per heavy atom. The highest BCUT2D eigenvalue weighted by atomic mass is 16.2. The summed E-state index contributed by atoms with van der Waals surface area (Å²) in [6.45, 7) is 12.1. The zero-order valence-electron chi connectivity index (χ0n) is 18.5. The third-order valence-corrected chi connectivity index (χ3v) is 6.14. The highest BCUT2D eigenvalue weighted by Gasteiger charge is 2.32. The number of hydrogen-bond acceptors (Lipinski definition) is 3. The lowest BCUT2D eigenvalue weighted by Crippen LogP contribution is -2.57. The first-order valence-corrected chi connectivity index (χ1v) is 10.9. The van der Waals surface area contributed by atoms with E-state index in [9.17, 15) is 4.79 Å². The molecule has 2 aromatic carbocycles. The molecule has 30 heavy (non-hydrogen) atoms. The number of benzene rings is 2. The molecular weight excluding hydrogens is 372 g/mol. The predicted molar refractivity (Wildman–Crippen MR) is 123 cm³/mol. The topological polar surface area (TPSA) is 52.2 Å². The summed E-state index contributed by atoms with van der Waals surface area (Å²) in [4.78, 5) is 25.5. The molecule has 1 atom stereocenters. The SMILES string of the molecule is Cc1ccc(CN2CCN(C(=O)Cc3ccc4nc(C)[nH]c4c3)[C@@H](C(C)C)C2)cc1.[HH]. The molecule has 1 aliphatic rings. The summed E-state index contributed by atoms with van der Waals surface area (Å²) in [6.07, 6.45) is 0.440. The van der Waals surface area contributed by atoms with Gasteiger partial charge in [0.2, 0.25) is 5.91 Å². The fourth-order valence-electron chi connectivity index (χ4n) is 4.42. The molecule has 1 saturated heterocycles. The van der Waals surface area contributed by atoms with E-state index in [0.29, 0.717) is 12.3 Å². The lowest BCUT2D eigenvalue weighted by molar-refractivity contribution is -0.136. The molecule has 0 unspecified atom stereocenters. The van der Waals surface area contributed by atoms with Crippen LogP contribution in [-0.2, 0) is 17.8 Å².